The molecule has 1 aliphatic heterocycles. The van der Waals surface area contributed by atoms with Crippen molar-refractivity contribution in [1.29, 1.82) is 0 Å². The summed E-state index contributed by atoms with van der Waals surface area (Å²) >= 11 is 0. The van der Waals surface area contributed by atoms with Crippen molar-refractivity contribution in [3.8, 4) is 0 Å². The van der Waals surface area contributed by atoms with Crippen LogP contribution in [-0.2, 0) is 0 Å². The normalized spacial score (nSPS) is 23.5. The smallest absolute Gasteiger partial charge is 0.0501 e. The van der Waals surface area contributed by atoms with Crippen LogP contribution in [0.3, 0.4) is 0 Å². The standard InChI is InChI=1S/C19H32N2/c1-4-16-10-8-13-21(14-12-16)19(18(20)5-2)17-11-7-6-9-15(17)3/h6-7,9,11,16,18-19H,4-5,8,10,12-14,20H2,1-3H3. The Morgan fingerprint density at radius 3 is 2.62 bits per heavy atom. The number of benzene rings is 1. The maximum Gasteiger partial charge on any atom is 0.0501 e. The predicted octanol–water partition coefficient (Wildman–Crippen LogP) is 4.29. The highest BCUT2D eigenvalue weighted by Crippen LogP contribution is 2.31. The summed E-state index contributed by atoms with van der Waals surface area (Å²) in [5.41, 5.74) is 9.34. The molecule has 2 heteroatoms. The van der Waals surface area contributed by atoms with E-state index in [1.165, 1.54) is 49.9 Å². The van der Waals surface area contributed by atoms with Crippen molar-refractivity contribution in [3.63, 3.8) is 0 Å². The van der Waals surface area contributed by atoms with Gasteiger partial charge in [-0.3, -0.25) is 4.90 Å². The van der Waals surface area contributed by atoms with Crippen molar-refractivity contribution >= 4 is 0 Å². The molecule has 3 unspecified atom stereocenters. The maximum absolute atomic E-state index is 6.53. The van der Waals surface area contributed by atoms with E-state index < -0.39 is 0 Å². The van der Waals surface area contributed by atoms with E-state index in [2.05, 4.69) is 49.9 Å². The molecular weight excluding hydrogens is 256 g/mol. The first-order valence-electron chi connectivity index (χ1n) is 8.72. The molecule has 0 amide bonds. The van der Waals surface area contributed by atoms with Gasteiger partial charge in [-0.2, -0.15) is 0 Å². The van der Waals surface area contributed by atoms with Crippen molar-refractivity contribution in [1.82, 2.24) is 4.90 Å². The van der Waals surface area contributed by atoms with Crippen LogP contribution in [0, 0.1) is 12.8 Å². The lowest BCUT2D eigenvalue weighted by Gasteiger charge is -2.36. The van der Waals surface area contributed by atoms with Crippen LogP contribution < -0.4 is 5.73 Å². The van der Waals surface area contributed by atoms with Crippen molar-refractivity contribution in [3.05, 3.63) is 35.4 Å². The van der Waals surface area contributed by atoms with Gasteiger partial charge in [-0.1, -0.05) is 44.5 Å². The second-order valence-electron chi connectivity index (χ2n) is 6.61. The molecule has 0 saturated carbocycles. The molecule has 1 fully saturated rings. The SMILES string of the molecule is CCC1CCCN(C(c2ccccc2C)C(N)CC)CC1. The topological polar surface area (TPSA) is 29.3 Å². The van der Waals surface area contributed by atoms with Gasteiger partial charge in [-0.15, -0.1) is 0 Å². The molecule has 2 rings (SSSR count). The first-order chi connectivity index (χ1) is 10.2. The number of nitrogens with zero attached hydrogens (tertiary/aromatic N) is 1. The van der Waals surface area contributed by atoms with E-state index in [0.717, 1.165) is 12.3 Å². The summed E-state index contributed by atoms with van der Waals surface area (Å²) < 4.78 is 0. The van der Waals surface area contributed by atoms with Crippen LogP contribution in [-0.4, -0.2) is 24.0 Å². The van der Waals surface area contributed by atoms with Gasteiger partial charge < -0.3 is 5.73 Å². The highest BCUT2D eigenvalue weighted by Gasteiger charge is 2.28. The fourth-order valence-electron chi connectivity index (χ4n) is 3.71. The zero-order chi connectivity index (χ0) is 15.2. The number of nitrogens with two attached hydrogens (primary N) is 1. The van der Waals surface area contributed by atoms with Gasteiger partial charge in [0, 0.05) is 6.04 Å². The number of hydrogen-bond donors (Lipinski definition) is 1. The van der Waals surface area contributed by atoms with Gasteiger partial charge in [0.15, 0.2) is 0 Å². The predicted molar refractivity (Wildman–Crippen MR) is 91.4 cm³/mol. The highest BCUT2D eigenvalue weighted by molar-refractivity contribution is 5.30. The van der Waals surface area contributed by atoms with E-state index in [-0.39, 0.29) is 6.04 Å². The van der Waals surface area contributed by atoms with Gasteiger partial charge in [0.05, 0.1) is 6.04 Å². The van der Waals surface area contributed by atoms with Gasteiger partial charge in [-0.25, -0.2) is 0 Å². The molecule has 3 atom stereocenters. The van der Waals surface area contributed by atoms with E-state index in [9.17, 15) is 0 Å². The summed E-state index contributed by atoms with van der Waals surface area (Å²) in [5.74, 6) is 0.908. The first-order valence-corrected chi connectivity index (χ1v) is 8.72. The molecule has 21 heavy (non-hydrogen) atoms. The Balaban J connectivity index is 2.22. The Labute approximate surface area is 130 Å². The number of rotatable bonds is 5. The van der Waals surface area contributed by atoms with E-state index in [4.69, 9.17) is 5.73 Å². The van der Waals surface area contributed by atoms with Crippen molar-refractivity contribution < 1.29 is 0 Å². The molecule has 0 spiro atoms. The Morgan fingerprint density at radius 1 is 1.19 bits per heavy atom. The van der Waals surface area contributed by atoms with Crippen LogP contribution in [0.1, 0.15) is 63.1 Å². The first kappa shape index (κ1) is 16.5. The van der Waals surface area contributed by atoms with Gasteiger partial charge in [0.25, 0.3) is 0 Å². The Hall–Kier alpha value is -0.860. The molecule has 0 aliphatic carbocycles. The number of hydrogen-bond acceptors (Lipinski definition) is 2. The van der Waals surface area contributed by atoms with Crippen LogP contribution in [0.4, 0.5) is 0 Å². The third-order valence-electron chi connectivity index (χ3n) is 5.24. The second-order valence-corrected chi connectivity index (χ2v) is 6.61. The molecule has 1 heterocycles. The number of likely N-dealkylation sites (tertiary alicyclic amines) is 1. The zero-order valence-corrected chi connectivity index (χ0v) is 14.0. The van der Waals surface area contributed by atoms with E-state index in [1.807, 2.05) is 0 Å². The second kappa shape index (κ2) is 7.95. The molecule has 0 aromatic heterocycles. The van der Waals surface area contributed by atoms with Crippen LogP contribution in [0.15, 0.2) is 24.3 Å². The Kier molecular flexibility index (Phi) is 6.25. The van der Waals surface area contributed by atoms with Crippen LogP contribution >= 0.6 is 0 Å². The van der Waals surface area contributed by atoms with Crippen LogP contribution in [0.2, 0.25) is 0 Å². The van der Waals surface area contributed by atoms with Crippen molar-refractivity contribution in [2.75, 3.05) is 13.1 Å². The molecule has 2 N–H and O–H groups in total. The quantitative estimate of drug-likeness (QED) is 0.876. The summed E-state index contributed by atoms with van der Waals surface area (Å²) in [4.78, 5) is 2.66. The third-order valence-corrected chi connectivity index (χ3v) is 5.24. The molecular formula is C19H32N2. The fourth-order valence-corrected chi connectivity index (χ4v) is 3.71. The highest BCUT2D eigenvalue weighted by atomic mass is 15.2. The molecule has 0 bridgehead atoms. The summed E-state index contributed by atoms with van der Waals surface area (Å²) in [7, 11) is 0. The molecule has 1 aromatic rings. The molecule has 1 saturated heterocycles. The third kappa shape index (κ3) is 4.08. The van der Waals surface area contributed by atoms with Crippen molar-refractivity contribution in [2.45, 2.75) is 65.0 Å². The van der Waals surface area contributed by atoms with E-state index in [0.29, 0.717) is 6.04 Å². The molecule has 118 valence electrons. The summed E-state index contributed by atoms with van der Waals surface area (Å²) in [5, 5.41) is 0. The van der Waals surface area contributed by atoms with Gasteiger partial charge >= 0.3 is 0 Å². The van der Waals surface area contributed by atoms with Gasteiger partial charge in [-0.05, 0) is 62.7 Å². The van der Waals surface area contributed by atoms with Gasteiger partial charge in [0.2, 0.25) is 0 Å². The van der Waals surface area contributed by atoms with E-state index in [1.54, 1.807) is 0 Å². The molecule has 1 aromatic carbocycles. The monoisotopic (exact) mass is 288 g/mol. The Bertz CT molecular complexity index is 429. The minimum Gasteiger partial charge on any atom is -0.326 e. The average Bonchev–Trinajstić information content (AvgIpc) is 2.75. The Morgan fingerprint density at radius 2 is 1.95 bits per heavy atom. The lowest BCUT2D eigenvalue weighted by atomic mass is 9.92. The average molecular weight is 288 g/mol. The van der Waals surface area contributed by atoms with Crippen molar-refractivity contribution in [2.24, 2.45) is 11.7 Å². The van der Waals surface area contributed by atoms with E-state index >= 15 is 0 Å². The van der Waals surface area contributed by atoms with Crippen LogP contribution in [0.5, 0.6) is 0 Å². The molecule has 1 aliphatic rings. The van der Waals surface area contributed by atoms with Gasteiger partial charge in [0.1, 0.15) is 0 Å². The van der Waals surface area contributed by atoms with Crippen LogP contribution in [0.25, 0.3) is 0 Å². The summed E-state index contributed by atoms with van der Waals surface area (Å²) in [6.07, 6.45) is 6.39. The molecule has 2 nitrogen and oxygen atoms in total. The molecule has 0 radical (unpaired) electrons. The maximum atomic E-state index is 6.53. The minimum atomic E-state index is 0.226. The largest absolute Gasteiger partial charge is 0.326 e. The zero-order valence-electron chi connectivity index (χ0n) is 14.0. The minimum absolute atomic E-state index is 0.226. The summed E-state index contributed by atoms with van der Waals surface area (Å²) in [6, 6.07) is 9.39. The lowest BCUT2D eigenvalue weighted by Crippen LogP contribution is -2.41. The lowest BCUT2D eigenvalue weighted by molar-refractivity contribution is 0.172. The fraction of sp³-hybridized carbons (Fsp3) is 0.684. The number of aryl methyl sites for hydroxylation is 1. The summed E-state index contributed by atoms with van der Waals surface area (Å²) in [6.45, 7) is 9.16.